The molecule has 2 aromatic heterocycles. The van der Waals surface area contributed by atoms with E-state index < -0.39 is 0 Å². The predicted molar refractivity (Wildman–Crippen MR) is 62.0 cm³/mol. The third-order valence-corrected chi connectivity index (χ3v) is 2.55. The van der Waals surface area contributed by atoms with Gasteiger partial charge in [-0.25, -0.2) is 0 Å². The van der Waals surface area contributed by atoms with E-state index >= 15 is 0 Å². The number of aromatic amines is 1. The molecule has 2 aromatic rings. The van der Waals surface area contributed by atoms with E-state index in [4.69, 9.17) is 0 Å². The number of rotatable bonds is 5. The standard InChI is InChI=1S/C10H17N7/c1-7(2)17-6-9(5-12-17)4-11-8(3)10-13-15-16-14-10/h5-8,11H,4H2,1-3H3,(H,13,14,15,16). The van der Waals surface area contributed by atoms with Crippen molar-refractivity contribution in [3.05, 3.63) is 23.8 Å². The lowest BCUT2D eigenvalue weighted by Gasteiger charge is -2.08. The number of nitrogens with one attached hydrogen (secondary N) is 2. The van der Waals surface area contributed by atoms with Crippen LogP contribution in [0.4, 0.5) is 0 Å². The Morgan fingerprint density at radius 1 is 1.41 bits per heavy atom. The summed E-state index contributed by atoms with van der Waals surface area (Å²) in [6, 6.07) is 0.453. The van der Waals surface area contributed by atoms with E-state index in [-0.39, 0.29) is 6.04 Å². The molecule has 7 nitrogen and oxygen atoms in total. The van der Waals surface area contributed by atoms with E-state index in [2.05, 4.69) is 44.9 Å². The van der Waals surface area contributed by atoms with Gasteiger partial charge in [-0.3, -0.25) is 4.68 Å². The van der Waals surface area contributed by atoms with Crippen LogP contribution in [-0.4, -0.2) is 30.4 Å². The highest BCUT2D eigenvalue weighted by Crippen LogP contribution is 2.08. The first-order valence-corrected chi connectivity index (χ1v) is 5.66. The van der Waals surface area contributed by atoms with E-state index in [9.17, 15) is 0 Å². The molecule has 1 unspecified atom stereocenters. The maximum absolute atomic E-state index is 4.28. The number of hydrogen-bond acceptors (Lipinski definition) is 5. The van der Waals surface area contributed by atoms with Gasteiger partial charge in [-0.15, -0.1) is 10.2 Å². The molecule has 0 aromatic carbocycles. The molecular formula is C10H17N7. The van der Waals surface area contributed by atoms with Crippen molar-refractivity contribution in [3.63, 3.8) is 0 Å². The van der Waals surface area contributed by atoms with E-state index in [1.807, 2.05) is 24.0 Å². The molecule has 0 aliphatic carbocycles. The third-order valence-electron chi connectivity index (χ3n) is 2.55. The summed E-state index contributed by atoms with van der Waals surface area (Å²) in [5.74, 6) is 0.668. The van der Waals surface area contributed by atoms with Crippen LogP contribution in [0.2, 0.25) is 0 Å². The molecule has 0 radical (unpaired) electrons. The van der Waals surface area contributed by atoms with Crippen molar-refractivity contribution >= 4 is 0 Å². The van der Waals surface area contributed by atoms with E-state index in [0.717, 1.165) is 12.1 Å². The van der Waals surface area contributed by atoms with Gasteiger partial charge in [0.2, 0.25) is 0 Å². The number of nitrogens with zero attached hydrogens (tertiary/aromatic N) is 5. The Bertz CT molecular complexity index is 445. The van der Waals surface area contributed by atoms with Crippen molar-refractivity contribution in [2.45, 2.75) is 39.4 Å². The van der Waals surface area contributed by atoms with Crippen LogP contribution in [0.5, 0.6) is 0 Å². The largest absolute Gasteiger partial charge is 0.303 e. The summed E-state index contributed by atoms with van der Waals surface area (Å²) in [6.45, 7) is 6.94. The quantitative estimate of drug-likeness (QED) is 0.801. The minimum atomic E-state index is 0.0659. The average Bonchev–Trinajstić information content (AvgIpc) is 2.97. The number of H-pyrrole nitrogens is 1. The van der Waals surface area contributed by atoms with Crippen molar-refractivity contribution in [1.82, 2.24) is 35.7 Å². The van der Waals surface area contributed by atoms with Gasteiger partial charge in [0, 0.05) is 24.3 Å². The van der Waals surface area contributed by atoms with Crippen LogP contribution in [0.15, 0.2) is 12.4 Å². The van der Waals surface area contributed by atoms with Crippen molar-refractivity contribution < 1.29 is 0 Å². The van der Waals surface area contributed by atoms with Crippen molar-refractivity contribution in [2.24, 2.45) is 0 Å². The third kappa shape index (κ3) is 2.88. The van der Waals surface area contributed by atoms with Gasteiger partial charge < -0.3 is 5.32 Å². The van der Waals surface area contributed by atoms with Crippen LogP contribution in [-0.2, 0) is 6.54 Å². The van der Waals surface area contributed by atoms with E-state index in [0.29, 0.717) is 11.9 Å². The van der Waals surface area contributed by atoms with Gasteiger partial charge in [0.25, 0.3) is 0 Å². The summed E-state index contributed by atoms with van der Waals surface area (Å²) in [4.78, 5) is 0. The highest BCUT2D eigenvalue weighted by Gasteiger charge is 2.10. The maximum Gasteiger partial charge on any atom is 0.191 e. The topological polar surface area (TPSA) is 84.3 Å². The Balaban J connectivity index is 1.89. The lowest BCUT2D eigenvalue weighted by atomic mass is 10.3. The fourth-order valence-electron chi connectivity index (χ4n) is 1.47. The Hall–Kier alpha value is -1.76. The van der Waals surface area contributed by atoms with Gasteiger partial charge in [-0.2, -0.15) is 10.3 Å². The van der Waals surface area contributed by atoms with Crippen LogP contribution in [0.1, 0.15) is 44.2 Å². The molecule has 17 heavy (non-hydrogen) atoms. The van der Waals surface area contributed by atoms with E-state index in [1.54, 1.807) is 0 Å². The minimum Gasteiger partial charge on any atom is -0.303 e. The van der Waals surface area contributed by atoms with Crippen LogP contribution in [0.3, 0.4) is 0 Å². The average molecular weight is 235 g/mol. The molecule has 0 bridgehead atoms. The zero-order valence-corrected chi connectivity index (χ0v) is 10.3. The molecule has 2 N–H and O–H groups in total. The Kier molecular flexibility index (Phi) is 3.48. The second-order valence-electron chi connectivity index (χ2n) is 4.29. The molecule has 0 aliphatic heterocycles. The van der Waals surface area contributed by atoms with Gasteiger partial charge in [-0.05, 0) is 20.8 Å². The fourth-order valence-corrected chi connectivity index (χ4v) is 1.47. The molecule has 0 amide bonds. The molecule has 0 spiro atoms. The molecule has 0 saturated carbocycles. The summed E-state index contributed by atoms with van der Waals surface area (Å²) >= 11 is 0. The monoisotopic (exact) mass is 235 g/mol. The number of hydrogen-bond donors (Lipinski definition) is 2. The van der Waals surface area contributed by atoms with Gasteiger partial charge in [-0.1, -0.05) is 5.21 Å². The SMILES string of the molecule is CC(NCc1cnn(C(C)C)c1)c1nn[nH]n1. The molecular weight excluding hydrogens is 218 g/mol. The molecule has 1 atom stereocenters. The van der Waals surface area contributed by atoms with E-state index in [1.165, 1.54) is 0 Å². The first-order valence-electron chi connectivity index (χ1n) is 5.66. The van der Waals surface area contributed by atoms with Gasteiger partial charge in [0.1, 0.15) is 0 Å². The van der Waals surface area contributed by atoms with Crippen LogP contribution >= 0.6 is 0 Å². The van der Waals surface area contributed by atoms with Crippen LogP contribution in [0.25, 0.3) is 0 Å². The summed E-state index contributed by atoms with van der Waals surface area (Å²) in [5.41, 5.74) is 1.15. The zero-order valence-electron chi connectivity index (χ0n) is 10.3. The molecule has 7 heteroatoms. The van der Waals surface area contributed by atoms with Crippen molar-refractivity contribution in [3.8, 4) is 0 Å². The molecule has 0 fully saturated rings. The van der Waals surface area contributed by atoms with Crippen molar-refractivity contribution in [2.75, 3.05) is 0 Å². The first kappa shape index (κ1) is 11.7. The molecule has 0 saturated heterocycles. The lowest BCUT2D eigenvalue weighted by Crippen LogP contribution is -2.19. The lowest BCUT2D eigenvalue weighted by molar-refractivity contribution is 0.528. The summed E-state index contributed by atoms with van der Waals surface area (Å²) in [7, 11) is 0. The summed E-state index contributed by atoms with van der Waals surface area (Å²) in [5, 5.41) is 21.4. The van der Waals surface area contributed by atoms with Crippen LogP contribution < -0.4 is 5.32 Å². The molecule has 92 valence electrons. The zero-order chi connectivity index (χ0) is 12.3. The van der Waals surface area contributed by atoms with Crippen LogP contribution in [0, 0.1) is 0 Å². The summed E-state index contributed by atoms with van der Waals surface area (Å²) < 4.78 is 1.94. The second kappa shape index (κ2) is 5.05. The smallest absolute Gasteiger partial charge is 0.191 e. The first-order chi connectivity index (χ1) is 8.16. The Labute approximate surface area is 99.6 Å². The summed E-state index contributed by atoms with van der Waals surface area (Å²) in [6.07, 6.45) is 3.91. The number of aromatic nitrogens is 6. The fraction of sp³-hybridized carbons (Fsp3) is 0.600. The Morgan fingerprint density at radius 3 is 2.82 bits per heavy atom. The molecule has 2 heterocycles. The predicted octanol–water partition coefficient (Wildman–Crippen LogP) is 0.828. The van der Waals surface area contributed by atoms with Gasteiger partial charge in [0.05, 0.1) is 12.2 Å². The molecule has 2 rings (SSSR count). The minimum absolute atomic E-state index is 0.0659. The Morgan fingerprint density at radius 2 is 2.24 bits per heavy atom. The van der Waals surface area contributed by atoms with Gasteiger partial charge in [0.15, 0.2) is 5.82 Å². The molecule has 0 aliphatic rings. The maximum atomic E-state index is 4.28. The van der Waals surface area contributed by atoms with Crippen molar-refractivity contribution in [1.29, 1.82) is 0 Å². The highest BCUT2D eigenvalue weighted by atomic mass is 15.5. The number of tetrazole rings is 1. The second-order valence-corrected chi connectivity index (χ2v) is 4.29. The normalized spacial score (nSPS) is 13.2. The highest BCUT2D eigenvalue weighted by molar-refractivity contribution is 5.04. The van der Waals surface area contributed by atoms with Gasteiger partial charge >= 0.3 is 0 Å².